The predicted octanol–water partition coefficient (Wildman–Crippen LogP) is 6.36. The second kappa shape index (κ2) is 11.3. The number of rotatable bonds is 9. The van der Waals surface area contributed by atoms with Crippen LogP contribution in [0.2, 0.25) is 10.0 Å². The third-order valence-corrected chi connectivity index (χ3v) is 8.37. The number of nitrogens with zero attached hydrogens (tertiary/aromatic N) is 2. The summed E-state index contributed by atoms with van der Waals surface area (Å²) in [6.45, 7) is 2.42. The lowest BCUT2D eigenvalue weighted by Gasteiger charge is -2.30. The number of anilines is 1. The molecule has 198 valence electrons. The number of benzene rings is 3. The largest absolute Gasteiger partial charge is 0.352 e. The van der Waals surface area contributed by atoms with Crippen LogP contribution in [0, 0.1) is 0 Å². The monoisotopic (exact) mass is 551 g/mol. The van der Waals surface area contributed by atoms with Crippen molar-refractivity contribution >= 4 is 57.4 Å². The van der Waals surface area contributed by atoms with E-state index in [0.29, 0.717) is 28.6 Å². The van der Waals surface area contributed by atoms with Crippen LogP contribution in [0.5, 0.6) is 0 Å². The van der Waals surface area contributed by atoms with Crippen molar-refractivity contribution in [2.24, 2.45) is 0 Å². The zero-order valence-corrected chi connectivity index (χ0v) is 22.9. The summed E-state index contributed by atoms with van der Waals surface area (Å²) in [5.41, 5.74) is 2.38. The van der Waals surface area contributed by atoms with Crippen LogP contribution in [0.1, 0.15) is 61.4 Å². The molecule has 3 aromatic carbocycles. The van der Waals surface area contributed by atoms with E-state index in [0.717, 1.165) is 47.7 Å². The Kier molecular flexibility index (Phi) is 7.91. The van der Waals surface area contributed by atoms with Gasteiger partial charge in [-0.2, -0.15) is 0 Å². The smallest absolute Gasteiger partial charge is 0.258 e. The highest BCUT2D eigenvalue weighted by Gasteiger charge is 2.31. The highest BCUT2D eigenvalue weighted by molar-refractivity contribution is 6.42. The molecule has 1 heterocycles. The first kappa shape index (κ1) is 26.5. The molecule has 0 radical (unpaired) electrons. The maximum absolute atomic E-state index is 13.5. The molecule has 3 aromatic rings. The van der Waals surface area contributed by atoms with E-state index >= 15 is 0 Å². The third kappa shape index (κ3) is 5.38. The summed E-state index contributed by atoms with van der Waals surface area (Å²) in [5.74, 6) is -0.337. The number of carbonyl (C=O) groups excluding carboxylic acids is 3. The average Bonchev–Trinajstić information content (AvgIpc) is 3.52. The molecule has 0 saturated heterocycles. The van der Waals surface area contributed by atoms with Gasteiger partial charge in [0.2, 0.25) is 11.8 Å². The molecule has 0 spiro atoms. The van der Waals surface area contributed by atoms with E-state index < -0.39 is 6.04 Å². The first-order valence-electron chi connectivity index (χ1n) is 13.2. The molecule has 1 aliphatic heterocycles. The minimum Gasteiger partial charge on any atom is -0.352 e. The third-order valence-electron chi connectivity index (χ3n) is 7.63. The molecule has 3 amide bonds. The summed E-state index contributed by atoms with van der Waals surface area (Å²) in [5, 5.41) is 5.95. The van der Waals surface area contributed by atoms with Crippen molar-refractivity contribution in [3.63, 3.8) is 0 Å². The first-order valence-corrected chi connectivity index (χ1v) is 14.0. The van der Waals surface area contributed by atoms with Gasteiger partial charge in [0.05, 0.1) is 15.7 Å². The second-order valence-electron chi connectivity index (χ2n) is 10.2. The summed E-state index contributed by atoms with van der Waals surface area (Å²) in [6.07, 6.45) is 4.84. The fourth-order valence-corrected chi connectivity index (χ4v) is 5.86. The van der Waals surface area contributed by atoms with Crippen molar-refractivity contribution in [2.75, 3.05) is 11.4 Å². The van der Waals surface area contributed by atoms with Gasteiger partial charge in [-0.1, -0.05) is 66.4 Å². The Morgan fingerprint density at radius 3 is 2.53 bits per heavy atom. The Hall–Kier alpha value is -3.09. The SMILES string of the molecule is C[C@H](C(=O)NC1CCCC1)N(Cc1ccc(Cl)c(Cl)c1)C(=O)CCCN1C(=O)c2cccc3cccc1c23. The summed E-state index contributed by atoms with van der Waals surface area (Å²) >= 11 is 12.3. The number of amides is 3. The lowest BCUT2D eigenvalue weighted by molar-refractivity contribution is -0.141. The molecule has 6 nitrogen and oxygen atoms in total. The fraction of sp³-hybridized carbons (Fsp3) is 0.367. The minimum absolute atomic E-state index is 0.0405. The van der Waals surface area contributed by atoms with Crippen molar-refractivity contribution in [3.05, 3.63) is 75.8 Å². The van der Waals surface area contributed by atoms with Crippen LogP contribution in [0.15, 0.2) is 54.6 Å². The van der Waals surface area contributed by atoms with Crippen molar-refractivity contribution in [2.45, 2.75) is 64.1 Å². The molecule has 0 aromatic heterocycles. The van der Waals surface area contributed by atoms with Crippen molar-refractivity contribution in [1.29, 1.82) is 0 Å². The van der Waals surface area contributed by atoms with E-state index in [2.05, 4.69) is 5.32 Å². The normalized spacial score (nSPS) is 15.8. The van der Waals surface area contributed by atoms with Gasteiger partial charge < -0.3 is 15.1 Å². The Morgan fingerprint density at radius 1 is 1.05 bits per heavy atom. The molecule has 5 rings (SSSR count). The number of hydrogen-bond donors (Lipinski definition) is 1. The number of halogens is 2. The van der Waals surface area contributed by atoms with Gasteiger partial charge in [-0.15, -0.1) is 0 Å². The Balaban J connectivity index is 1.28. The van der Waals surface area contributed by atoms with Crippen LogP contribution < -0.4 is 10.2 Å². The molecule has 1 atom stereocenters. The van der Waals surface area contributed by atoms with E-state index in [9.17, 15) is 14.4 Å². The molecule has 38 heavy (non-hydrogen) atoms. The number of nitrogens with one attached hydrogen (secondary N) is 1. The zero-order valence-electron chi connectivity index (χ0n) is 21.4. The molecule has 1 fully saturated rings. The molecular formula is C30H31Cl2N3O3. The van der Waals surface area contributed by atoms with Crippen LogP contribution in [0.25, 0.3) is 10.8 Å². The van der Waals surface area contributed by atoms with E-state index in [4.69, 9.17) is 23.2 Å². The lowest BCUT2D eigenvalue weighted by Crippen LogP contribution is -2.49. The highest BCUT2D eigenvalue weighted by atomic mass is 35.5. The summed E-state index contributed by atoms with van der Waals surface area (Å²) in [6, 6.07) is 16.4. The van der Waals surface area contributed by atoms with Crippen molar-refractivity contribution in [1.82, 2.24) is 10.2 Å². The minimum atomic E-state index is -0.649. The van der Waals surface area contributed by atoms with Crippen LogP contribution in [-0.4, -0.2) is 41.2 Å². The predicted molar refractivity (Wildman–Crippen MR) is 152 cm³/mol. The molecular weight excluding hydrogens is 521 g/mol. The van der Waals surface area contributed by atoms with Crippen molar-refractivity contribution in [3.8, 4) is 0 Å². The van der Waals surface area contributed by atoms with E-state index in [1.807, 2.05) is 42.5 Å². The summed E-state index contributed by atoms with van der Waals surface area (Å²) in [7, 11) is 0. The topological polar surface area (TPSA) is 69.7 Å². The molecule has 0 bridgehead atoms. The van der Waals surface area contributed by atoms with Gasteiger partial charge in [0.1, 0.15) is 6.04 Å². The Bertz CT molecular complexity index is 1380. The van der Waals surface area contributed by atoms with Crippen LogP contribution in [0.3, 0.4) is 0 Å². The standard InChI is InChI=1S/C30H31Cl2N3O3/c1-19(29(37)33-22-9-2-3-10-22)35(18-20-14-15-24(31)25(32)17-20)27(36)13-6-16-34-26-12-5-8-21-7-4-11-23(28(21)26)30(34)38/h4-5,7-8,11-12,14-15,17,19,22H,2-3,6,9-10,13,16,18H2,1H3,(H,33,37)/t19-/m1/s1. The van der Waals surface area contributed by atoms with Gasteiger partial charge in [0, 0.05) is 36.5 Å². The maximum Gasteiger partial charge on any atom is 0.258 e. The molecule has 1 aliphatic carbocycles. The molecule has 0 unspecified atom stereocenters. The van der Waals surface area contributed by atoms with Gasteiger partial charge in [-0.05, 0) is 61.4 Å². The zero-order chi connectivity index (χ0) is 26.8. The summed E-state index contributed by atoms with van der Waals surface area (Å²) in [4.78, 5) is 43.1. The van der Waals surface area contributed by atoms with E-state index in [-0.39, 0.29) is 36.7 Å². The Labute approximate surface area is 232 Å². The van der Waals surface area contributed by atoms with Gasteiger partial charge in [-0.25, -0.2) is 0 Å². The highest BCUT2D eigenvalue weighted by Crippen LogP contribution is 2.37. The Morgan fingerprint density at radius 2 is 1.79 bits per heavy atom. The van der Waals surface area contributed by atoms with Crippen LogP contribution in [0.4, 0.5) is 5.69 Å². The fourth-order valence-electron chi connectivity index (χ4n) is 5.54. The van der Waals surface area contributed by atoms with E-state index in [1.165, 1.54) is 0 Å². The van der Waals surface area contributed by atoms with Crippen molar-refractivity contribution < 1.29 is 14.4 Å². The number of carbonyl (C=O) groups is 3. The summed E-state index contributed by atoms with van der Waals surface area (Å²) < 4.78 is 0. The molecule has 2 aliphatic rings. The molecule has 1 saturated carbocycles. The van der Waals surface area contributed by atoms with Gasteiger partial charge in [0.25, 0.3) is 5.91 Å². The van der Waals surface area contributed by atoms with Gasteiger partial charge in [-0.3, -0.25) is 14.4 Å². The van der Waals surface area contributed by atoms with Gasteiger partial charge >= 0.3 is 0 Å². The van der Waals surface area contributed by atoms with Crippen LogP contribution >= 0.6 is 23.2 Å². The molecule has 8 heteroatoms. The first-order chi connectivity index (χ1) is 18.3. The van der Waals surface area contributed by atoms with Gasteiger partial charge in [0.15, 0.2) is 0 Å². The maximum atomic E-state index is 13.5. The average molecular weight is 553 g/mol. The number of hydrogen-bond acceptors (Lipinski definition) is 3. The van der Waals surface area contributed by atoms with Crippen LogP contribution in [-0.2, 0) is 16.1 Å². The quantitative estimate of drug-likeness (QED) is 0.336. The lowest BCUT2D eigenvalue weighted by atomic mass is 10.1. The second-order valence-corrected chi connectivity index (χ2v) is 11.0. The van der Waals surface area contributed by atoms with E-state index in [1.54, 1.807) is 28.9 Å². The molecule has 1 N–H and O–H groups in total.